The van der Waals surface area contributed by atoms with Crippen molar-refractivity contribution in [2.24, 2.45) is 11.8 Å². The van der Waals surface area contributed by atoms with E-state index in [1.807, 2.05) is 18.2 Å². The topological polar surface area (TPSA) is 12.0 Å². The number of hydrogen-bond donors (Lipinski definition) is 1. The highest BCUT2D eigenvalue weighted by molar-refractivity contribution is 6.33. The minimum absolute atomic E-state index is 0.729. The molecule has 0 radical (unpaired) electrons. The smallest absolute Gasteiger partial charge is 0.0439 e. The van der Waals surface area contributed by atoms with Gasteiger partial charge in [0.25, 0.3) is 0 Å². The summed E-state index contributed by atoms with van der Waals surface area (Å²) in [5.41, 5.74) is 1.22. The third-order valence-electron chi connectivity index (χ3n) is 4.46. The molecule has 0 spiro atoms. The first-order valence-corrected chi connectivity index (χ1v) is 8.61. The Bertz CT molecular complexity index is 419. The Balaban J connectivity index is 2.08. The first-order valence-electron chi connectivity index (χ1n) is 7.85. The molecule has 1 aromatic rings. The quantitative estimate of drug-likeness (QED) is 0.723. The van der Waals surface area contributed by atoms with Crippen molar-refractivity contribution in [3.63, 3.8) is 0 Å². The van der Waals surface area contributed by atoms with Gasteiger partial charge in [0.05, 0.1) is 0 Å². The van der Waals surface area contributed by atoms with Crippen molar-refractivity contribution in [2.45, 2.75) is 45.4 Å². The predicted octanol–water partition coefficient (Wildman–Crippen LogP) is 5.34. The summed E-state index contributed by atoms with van der Waals surface area (Å²) >= 11 is 12.4. The lowest BCUT2D eigenvalue weighted by atomic mass is 9.83. The molecule has 0 heterocycles. The van der Waals surface area contributed by atoms with Crippen LogP contribution in [0.5, 0.6) is 0 Å². The molecule has 1 aromatic carbocycles. The number of nitrogens with one attached hydrogen (secondary N) is 1. The maximum Gasteiger partial charge on any atom is 0.0439 e. The van der Waals surface area contributed by atoms with Gasteiger partial charge in [0.2, 0.25) is 0 Å². The van der Waals surface area contributed by atoms with Crippen LogP contribution in [-0.4, -0.2) is 13.1 Å². The van der Waals surface area contributed by atoms with Gasteiger partial charge in [0.15, 0.2) is 0 Å². The SMILES string of the molecule is CCNCC1CCCCCC1Cc1cc(Cl)ccc1Cl. The van der Waals surface area contributed by atoms with Gasteiger partial charge in [-0.2, -0.15) is 0 Å². The van der Waals surface area contributed by atoms with Gasteiger partial charge >= 0.3 is 0 Å². The summed E-state index contributed by atoms with van der Waals surface area (Å²) in [7, 11) is 0. The fourth-order valence-corrected chi connectivity index (χ4v) is 3.70. The monoisotopic (exact) mass is 313 g/mol. The minimum atomic E-state index is 0.729. The molecule has 1 N–H and O–H groups in total. The van der Waals surface area contributed by atoms with Crippen LogP contribution in [0.3, 0.4) is 0 Å². The molecule has 0 aromatic heterocycles. The predicted molar refractivity (Wildman–Crippen MR) is 88.8 cm³/mol. The highest BCUT2D eigenvalue weighted by Gasteiger charge is 2.24. The van der Waals surface area contributed by atoms with Gasteiger partial charge in [0, 0.05) is 10.0 Å². The summed E-state index contributed by atoms with van der Waals surface area (Å²) in [4.78, 5) is 0. The first kappa shape index (κ1) is 16.1. The summed E-state index contributed by atoms with van der Waals surface area (Å²) < 4.78 is 0. The molecular formula is C17H25Cl2N. The van der Waals surface area contributed by atoms with Crippen LogP contribution in [-0.2, 0) is 6.42 Å². The lowest BCUT2D eigenvalue weighted by Crippen LogP contribution is -2.28. The lowest BCUT2D eigenvalue weighted by molar-refractivity contribution is 0.299. The van der Waals surface area contributed by atoms with Gasteiger partial charge in [-0.3, -0.25) is 0 Å². The van der Waals surface area contributed by atoms with Crippen LogP contribution in [0.25, 0.3) is 0 Å². The highest BCUT2D eigenvalue weighted by atomic mass is 35.5. The Morgan fingerprint density at radius 1 is 1.10 bits per heavy atom. The fraction of sp³-hybridized carbons (Fsp3) is 0.647. The second kappa shape index (κ2) is 8.26. The fourth-order valence-electron chi connectivity index (χ4n) is 3.31. The van der Waals surface area contributed by atoms with Crippen molar-refractivity contribution in [1.29, 1.82) is 0 Å². The number of benzene rings is 1. The van der Waals surface area contributed by atoms with E-state index in [0.717, 1.165) is 41.4 Å². The average Bonchev–Trinajstić information content (AvgIpc) is 2.66. The van der Waals surface area contributed by atoms with Crippen molar-refractivity contribution < 1.29 is 0 Å². The third-order valence-corrected chi connectivity index (χ3v) is 5.07. The van der Waals surface area contributed by atoms with Gasteiger partial charge in [-0.15, -0.1) is 0 Å². The molecule has 1 saturated carbocycles. The Morgan fingerprint density at radius 3 is 2.60 bits per heavy atom. The highest BCUT2D eigenvalue weighted by Crippen LogP contribution is 2.33. The largest absolute Gasteiger partial charge is 0.317 e. The number of hydrogen-bond acceptors (Lipinski definition) is 1. The molecule has 20 heavy (non-hydrogen) atoms. The maximum absolute atomic E-state index is 6.33. The number of rotatable bonds is 5. The zero-order chi connectivity index (χ0) is 14.4. The van der Waals surface area contributed by atoms with E-state index in [4.69, 9.17) is 23.2 Å². The molecular weight excluding hydrogens is 289 g/mol. The maximum atomic E-state index is 6.33. The standard InChI is InChI=1S/C17H25Cl2N/c1-2-20-12-14-7-5-3-4-6-13(14)10-15-11-16(18)8-9-17(15)19/h8-9,11,13-14,20H,2-7,10,12H2,1H3. The molecule has 1 nitrogen and oxygen atoms in total. The average molecular weight is 314 g/mol. The van der Waals surface area contributed by atoms with E-state index in [1.54, 1.807) is 0 Å². The molecule has 1 aliphatic rings. The van der Waals surface area contributed by atoms with Gasteiger partial charge in [-0.1, -0.05) is 49.4 Å². The summed E-state index contributed by atoms with van der Waals surface area (Å²) in [6, 6.07) is 5.84. The minimum Gasteiger partial charge on any atom is -0.317 e. The van der Waals surface area contributed by atoms with Crippen molar-refractivity contribution in [1.82, 2.24) is 5.32 Å². The zero-order valence-electron chi connectivity index (χ0n) is 12.3. The van der Waals surface area contributed by atoms with E-state index in [2.05, 4.69) is 12.2 Å². The summed E-state index contributed by atoms with van der Waals surface area (Å²) in [6.07, 6.45) is 7.83. The van der Waals surface area contributed by atoms with Crippen molar-refractivity contribution in [2.75, 3.05) is 13.1 Å². The molecule has 0 bridgehead atoms. The van der Waals surface area contributed by atoms with Gasteiger partial charge in [0.1, 0.15) is 0 Å². The summed E-state index contributed by atoms with van der Waals surface area (Å²) in [6.45, 7) is 4.38. The van der Waals surface area contributed by atoms with E-state index in [-0.39, 0.29) is 0 Å². The molecule has 0 saturated heterocycles. The molecule has 1 aliphatic carbocycles. The van der Waals surface area contributed by atoms with E-state index in [9.17, 15) is 0 Å². The molecule has 112 valence electrons. The zero-order valence-corrected chi connectivity index (χ0v) is 13.8. The van der Waals surface area contributed by atoms with E-state index in [1.165, 1.54) is 37.7 Å². The Morgan fingerprint density at radius 2 is 1.85 bits per heavy atom. The van der Waals surface area contributed by atoms with Crippen LogP contribution in [0.2, 0.25) is 10.0 Å². The van der Waals surface area contributed by atoms with Gasteiger partial charge in [-0.25, -0.2) is 0 Å². The van der Waals surface area contributed by atoms with Gasteiger partial charge in [-0.05, 0) is 68.0 Å². The van der Waals surface area contributed by atoms with Crippen molar-refractivity contribution >= 4 is 23.2 Å². The lowest BCUT2D eigenvalue weighted by Gasteiger charge is -2.26. The molecule has 0 amide bonds. The Hall–Kier alpha value is -0.240. The first-order chi connectivity index (χ1) is 9.70. The van der Waals surface area contributed by atoms with Crippen molar-refractivity contribution in [3.05, 3.63) is 33.8 Å². The molecule has 2 unspecified atom stereocenters. The second-order valence-corrected chi connectivity index (χ2v) is 6.75. The van der Waals surface area contributed by atoms with E-state index in [0.29, 0.717) is 0 Å². The molecule has 1 fully saturated rings. The normalized spacial score (nSPS) is 23.6. The van der Waals surface area contributed by atoms with Crippen LogP contribution >= 0.6 is 23.2 Å². The number of halogens is 2. The van der Waals surface area contributed by atoms with Crippen LogP contribution in [0, 0.1) is 11.8 Å². The Kier molecular flexibility index (Phi) is 6.67. The summed E-state index contributed by atoms with van der Waals surface area (Å²) in [5, 5.41) is 5.18. The van der Waals surface area contributed by atoms with E-state index < -0.39 is 0 Å². The summed E-state index contributed by atoms with van der Waals surface area (Å²) in [5.74, 6) is 1.50. The molecule has 3 heteroatoms. The molecule has 2 rings (SSSR count). The van der Waals surface area contributed by atoms with Crippen molar-refractivity contribution in [3.8, 4) is 0 Å². The van der Waals surface area contributed by atoms with Crippen LogP contribution in [0.4, 0.5) is 0 Å². The van der Waals surface area contributed by atoms with Crippen LogP contribution in [0.1, 0.15) is 44.6 Å². The second-order valence-electron chi connectivity index (χ2n) is 5.91. The van der Waals surface area contributed by atoms with Crippen LogP contribution in [0.15, 0.2) is 18.2 Å². The van der Waals surface area contributed by atoms with Gasteiger partial charge < -0.3 is 5.32 Å². The third kappa shape index (κ3) is 4.65. The van der Waals surface area contributed by atoms with Crippen LogP contribution < -0.4 is 5.32 Å². The van der Waals surface area contributed by atoms with E-state index >= 15 is 0 Å². The Labute approximate surface area is 133 Å². The molecule has 0 aliphatic heterocycles. The molecule has 2 atom stereocenters.